The van der Waals surface area contributed by atoms with E-state index < -0.39 is 54.3 Å². The number of rotatable bonds is 10. The summed E-state index contributed by atoms with van der Waals surface area (Å²) in [6.07, 6.45) is 0.909. The molecule has 3 unspecified atom stereocenters. The number of hydrogen-bond donors (Lipinski definition) is 6. The lowest BCUT2D eigenvalue weighted by Crippen LogP contribution is -2.54. The molecule has 27 heavy (non-hydrogen) atoms. The molecule has 0 spiro atoms. The maximum Gasteiger partial charge on any atom is 0.326 e. The summed E-state index contributed by atoms with van der Waals surface area (Å²) in [5.41, 5.74) is 10.5. The van der Waals surface area contributed by atoms with Crippen molar-refractivity contribution >= 4 is 42.2 Å². The van der Waals surface area contributed by atoms with E-state index in [0.717, 1.165) is 0 Å². The number of nitrogens with zero attached hydrogens (tertiary/aromatic N) is 1. The Hall–Kier alpha value is -2.34. The van der Waals surface area contributed by atoms with Crippen molar-refractivity contribution in [2.24, 2.45) is 11.5 Å². The van der Waals surface area contributed by atoms with Crippen LogP contribution in [0.3, 0.4) is 0 Å². The Balaban J connectivity index is 2.51. The second-order valence-corrected chi connectivity index (χ2v) is 6.53. The predicted octanol–water partition coefficient (Wildman–Crippen LogP) is -2.81. The van der Waals surface area contributed by atoms with Crippen LogP contribution >= 0.6 is 12.6 Å². The van der Waals surface area contributed by atoms with E-state index in [1.165, 1.54) is 4.90 Å². The molecule has 0 aromatic rings. The minimum Gasteiger partial charge on any atom is -0.480 e. The second-order valence-electron chi connectivity index (χ2n) is 6.16. The first kappa shape index (κ1) is 22.7. The van der Waals surface area contributed by atoms with Gasteiger partial charge in [0, 0.05) is 18.7 Å². The van der Waals surface area contributed by atoms with Crippen LogP contribution in [0.2, 0.25) is 0 Å². The summed E-state index contributed by atoms with van der Waals surface area (Å²) < 4.78 is 0. The van der Waals surface area contributed by atoms with Gasteiger partial charge in [0.25, 0.3) is 0 Å². The van der Waals surface area contributed by atoms with Crippen LogP contribution in [0.4, 0.5) is 0 Å². The van der Waals surface area contributed by atoms with Gasteiger partial charge in [-0.25, -0.2) is 4.79 Å². The van der Waals surface area contributed by atoms with Crippen molar-refractivity contribution in [2.75, 3.05) is 18.8 Å². The van der Waals surface area contributed by atoms with Gasteiger partial charge in [-0.15, -0.1) is 0 Å². The summed E-state index contributed by atoms with van der Waals surface area (Å²) in [4.78, 5) is 59.3. The van der Waals surface area contributed by atoms with Gasteiger partial charge in [0.1, 0.15) is 12.1 Å². The lowest BCUT2D eigenvalue weighted by Gasteiger charge is -2.26. The first-order chi connectivity index (χ1) is 12.7. The highest BCUT2D eigenvalue weighted by Gasteiger charge is 2.37. The zero-order chi connectivity index (χ0) is 20.6. The lowest BCUT2D eigenvalue weighted by molar-refractivity contribution is -0.149. The number of carbonyl (C=O) groups excluding carboxylic acids is 4. The number of thiol groups is 1. The second kappa shape index (κ2) is 10.7. The molecule has 0 aromatic heterocycles. The molecular weight excluding hydrogens is 378 g/mol. The topological polar surface area (TPSA) is 185 Å². The summed E-state index contributed by atoms with van der Waals surface area (Å²) in [5, 5.41) is 13.9. The monoisotopic (exact) mass is 403 g/mol. The Morgan fingerprint density at radius 2 is 1.93 bits per heavy atom. The molecule has 12 heteroatoms. The molecule has 7 N–H and O–H groups in total. The van der Waals surface area contributed by atoms with Crippen LogP contribution in [0, 0.1) is 0 Å². The van der Waals surface area contributed by atoms with E-state index in [4.69, 9.17) is 16.6 Å². The summed E-state index contributed by atoms with van der Waals surface area (Å²) in [6, 6.07) is -2.92. The van der Waals surface area contributed by atoms with Gasteiger partial charge >= 0.3 is 5.97 Å². The number of hydrogen-bond acceptors (Lipinski definition) is 7. The minimum atomic E-state index is -1.10. The number of nitrogens with two attached hydrogens (primary N) is 2. The van der Waals surface area contributed by atoms with Crippen molar-refractivity contribution < 1.29 is 29.1 Å². The molecule has 1 aliphatic heterocycles. The molecule has 152 valence electrons. The van der Waals surface area contributed by atoms with E-state index in [2.05, 4.69) is 23.3 Å². The number of likely N-dealkylation sites (tertiary alicyclic amines) is 1. The van der Waals surface area contributed by atoms with Gasteiger partial charge in [-0.05, 0) is 19.3 Å². The van der Waals surface area contributed by atoms with Crippen molar-refractivity contribution in [3.8, 4) is 0 Å². The quantitative estimate of drug-likeness (QED) is 0.212. The molecule has 0 saturated carbocycles. The van der Waals surface area contributed by atoms with Gasteiger partial charge in [0.05, 0.1) is 12.6 Å². The van der Waals surface area contributed by atoms with Crippen molar-refractivity contribution in [2.45, 2.75) is 43.8 Å². The number of carbonyl (C=O) groups is 5. The average Bonchev–Trinajstić information content (AvgIpc) is 3.11. The van der Waals surface area contributed by atoms with Crippen LogP contribution in [0.1, 0.15) is 25.7 Å². The lowest BCUT2D eigenvalue weighted by atomic mass is 10.1. The van der Waals surface area contributed by atoms with Crippen molar-refractivity contribution in [1.82, 2.24) is 15.5 Å². The van der Waals surface area contributed by atoms with Crippen LogP contribution < -0.4 is 22.1 Å². The molecule has 1 aliphatic rings. The van der Waals surface area contributed by atoms with Crippen molar-refractivity contribution in [3.05, 3.63) is 0 Å². The highest BCUT2D eigenvalue weighted by atomic mass is 32.1. The van der Waals surface area contributed by atoms with Crippen LogP contribution in [0.25, 0.3) is 0 Å². The number of carboxylic acid groups (broad SMARTS) is 1. The largest absolute Gasteiger partial charge is 0.480 e. The molecular formula is C15H25N5O6S. The fourth-order valence-corrected chi connectivity index (χ4v) is 2.89. The SMILES string of the molecule is NC(=O)CCC(N)C(=O)NCC(=O)NC(CS)C(=O)N1CCCC1C(=O)O. The standard InChI is InChI=1S/C15H25N5O6S/c16-8(3-4-11(17)21)13(23)18-6-12(22)19-9(7-27)14(24)20-5-1-2-10(20)15(25)26/h8-10,27H,1-7,16H2,(H2,17,21)(H,18,23)(H,19,22)(H,25,26). The molecule has 11 nitrogen and oxygen atoms in total. The Labute approximate surface area is 161 Å². The molecule has 4 amide bonds. The van der Waals surface area contributed by atoms with Crippen LogP contribution in [-0.2, 0) is 24.0 Å². The Bertz CT molecular complexity index is 601. The van der Waals surface area contributed by atoms with Gasteiger partial charge in [0.15, 0.2) is 0 Å². The minimum absolute atomic E-state index is 0.0283. The Kier molecular flexibility index (Phi) is 9.02. The Morgan fingerprint density at radius 3 is 2.48 bits per heavy atom. The van der Waals surface area contributed by atoms with E-state index in [0.29, 0.717) is 19.4 Å². The molecule has 1 heterocycles. The van der Waals surface area contributed by atoms with E-state index in [9.17, 15) is 24.0 Å². The number of carboxylic acids is 1. The van der Waals surface area contributed by atoms with Crippen LogP contribution in [0.15, 0.2) is 0 Å². The van der Waals surface area contributed by atoms with Crippen LogP contribution in [-0.4, -0.2) is 76.6 Å². The molecule has 0 bridgehead atoms. The summed E-state index contributed by atoms with van der Waals surface area (Å²) in [6.45, 7) is -0.135. The third-order valence-electron chi connectivity index (χ3n) is 4.10. The summed E-state index contributed by atoms with van der Waals surface area (Å²) in [7, 11) is 0. The highest BCUT2D eigenvalue weighted by molar-refractivity contribution is 7.80. The molecule has 0 aliphatic carbocycles. The van der Waals surface area contributed by atoms with Gasteiger partial charge in [-0.2, -0.15) is 12.6 Å². The third kappa shape index (κ3) is 7.06. The van der Waals surface area contributed by atoms with E-state index in [-0.39, 0.29) is 18.6 Å². The van der Waals surface area contributed by atoms with Gasteiger partial charge in [0.2, 0.25) is 23.6 Å². The maximum absolute atomic E-state index is 12.5. The van der Waals surface area contributed by atoms with E-state index in [1.54, 1.807) is 0 Å². The number of primary amides is 1. The van der Waals surface area contributed by atoms with Gasteiger partial charge < -0.3 is 32.1 Å². The number of amides is 4. The van der Waals surface area contributed by atoms with Crippen molar-refractivity contribution in [3.63, 3.8) is 0 Å². The number of aliphatic carboxylic acids is 1. The zero-order valence-corrected chi connectivity index (χ0v) is 15.6. The van der Waals surface area contributed by atoms with E-state index in [1.807, 2.05) is 0 Å². The van der Waals surface area contributed by atoms with Crippen LogP contribution in [0.5, 0.6) is 0 Å². The smallest absolute Gasteiger partial charge is 0.326 e. The Morgan fingerprint density at radius 1 is 1.26 bits per heavy atom. The van der Waals surface area contributed by atoms with Crippen molar-refractivity contribution in [1.29, 1.82) is 0 Å². The summed E-state index contributed by atoms with van der Waals surface area (Å²) in [5.74, 6) is -3.53. The first-order valence-corrected chi connectivity index (χ1v) is 9.05. The predicted molar refractivity (Wildman–Crippen MR) is 97.6 cm³/mol. The third-order valence-corrected chi connectivity index (χ3v) is 4.46. The fourth-order valence-electron chi connectivity index (χ4n) is 2.65. The molecule has 0 aromatic carbocycles. The number of nitrogens with one attached hydrogen (secondary N) is 2. The fraction of sp³-hybridized carbons (Fsp3) is 0.667. The normalized spacial score (nSPS) is 18.4. The maximum atomic E-state index is 12.5. The first-order valence-electron chi connectivity index (χ1n) is 8.42. The molecule has 1 rings (SSSR count). The molecule has 0 radical (unpaired) electrons. The van der Waals surface area contributed by atoms with Gasteiger partial charge in [-0.1, -0.05) is 0 Å². The highest BCUT2D eigenvalue weighted by Crippen LogP contribution is 2.18. The summed E-state index contributed by atoms with van der Waals surface area (Å²) >= 11 is 4.03. The average molecular weight is 403 g/mol. The molecule has 1 fully saturated rings. The zero-order valence-electron chi connectivity index (χ0n) is 14.7. The van der Waals surface area contributed by atoms with E-state index >= 15 is 0 Å². The molecule has 3 atom stereocenters. The molecule has 1 saturated heterocycles. The van der Waals surface area contributed by atoms with Gasteiger partial charge in [-0.3, -0.25) is 19.2 Å².